The van der Waals surface area contributed by atoms with E-state index in [0.29, 0.717) is 5.56 Å². The van der Waals surface area contributed by atoms with E-state index < -0.39 is 16.1 Å². The molecule has 0 aliphatic carbocycles. The molecule has 0 bridgehead atoms. The van der Waals surface area contributed by atoms with Crippen LogP contribution in [0.4, 0.5) is 4.39 Å². The second-order valence-electron chi connectivity index (χ2n) is 4.95. The van der Waals surface area contributed by atoms with Gasteiger partial charge >= 0.3 is 0 Å². The van der Waals surface area contributed by atoms with Crippen molar-refractivity contribution < 1.29 is 12.8 Å². The summed E-state index contributed by atoms with van der Waals surface area (Å²) in [7, 11) is -3.70. The molecule has 0 unspecified atom stereocenters. The van der Waals surface area contributed by atoms with E-state index in [9.17, 15) is 12.8 Å². The molecule has 0 heterocycles. The first-order chi connectivity index (χ1) is 10.4. The summed E-state index contributed by atoms with van der Waals surface area (Å²) in [5.41, 5.74) is 1.59. The SMILES string of the molecule is C#CC[C@H](NS(=O)(=O)c1ccc(C)cc1)c1ccc(F)cc1. The van der Waals surface area contributed by atoms with Gasteiger partial charge < -0.3 is 0 Å². The summed E-state index contributed by atoms with van der Waals surface area (Å²) in [5, 5.41) is 0. The van der Waals surface area contributed by atoms with Crippen molar-refractivity contribution in [2.75, 3.05) is 0 Å². The minimum absolute atomic E-state index is 0.169. The number of rotatable bonds is 5. The van der Waals surface area contributed by atoms with Gasteiger partial charge in [0, 0.05) is 6.42 Å². The summed E-state index contributed by atoms with van der Waals surface area (Å²) >= 11 is 0. The number of hydrogen-bond donors (Lipinski definition) is 1. The van der Waals surface area contributed by atoms with Gasteiger partial charge in [-0.05, 0) is 36.8 Å². The third-order valence-electron chi connectivity index (χ3n) is 3.22. The summed E-state index contributed by atoms with van der Waals surface area (Å²) in [4.78, 5) is 0.169. The third kappa shape index (κ3) is 3.94. The third-order valence-corrected chi connectivity index (χ3v) is 4.71. The van der Waals surface area contributed by atoms with Crippen LogP contribution in [-0.2, 0) is 10.0 Å². The Bertz CT molecular complexity index is 775. The highest BCUT2D eigenvalue weighted by Gasteiger charge is 2.20. The summed E-state index contributed by atoms with van der Waals surface area (Å²) in [6.07, 6.45) is 5.49. The lowest BCUT2D eigenvalue weighted by atomic mass is 10.1. The zero-order valence-corrected chi connectivity index (χ0v) is 12.9. The molecule has 0 aliphatic rings. The van der Waals surface area contributed by atoms with Crippen molar-refractivity contribution >= 4 is 10.0 Å². The lowest BCUT2D eigenvalue weighted by Gasteiger charge is -2.17. The zero-order valence-electron chi connectivity index (χ0n) is 12.1. The summed E-state index contributed by atoms with van der Waals surface area (Å²) in [6.45, 7) is 1.88. The maximum Gasteiger partial charge on any atom is 0.241 e. The van der Waals surface area contributed by atoms with E-state index in [1.54, 1.807) is 12.1 Å². The molecule has 22 heavy (non-hydrogen) atoms. The number of benzene rings is 2. The molecule has 2 aromatic rings. The average Bonchev–Trinajstić information content (AvgIpc) is 2.48. The normalized spacial score (nSPS) is 12.6. The molecule has 0 saturated carbocycles. The number of halogens is 1. The van der Waals surface area contributed by atoms with Crippen LogP contribution < -0.4 is 4.72 Å². The van der Waals surface area contributed by atoms with Crippen molar-refractivity contribution in [1.82, 2.24) is 4.72 Å². The van der Waals surface area contributed by atoms with Gasteiger partial charge in [0.05, 0.1) is 10.9 Å². The summed E-state index contributed by atoms with van der Waals surface area (Å²) in [6, 6.07) is 11.5. The van der Waals surface area contributed by atoms with E-state index in [4.69, 9.17) is 6.42 Å². The van der Waals surface area contributed by atoms with Gasteiger partial charge in [-0.1, -0.05) is 29.8 Å². The van der Waals surface area contributed by atoms with Crippen LogP contribution in [0.5, 0.6) is 0 Å². The van der Waals surface area contributed by atoms with Gasteiger partial charge in [0.25, 0.3) is 0 Å². The number of aryl methyl sites for hydroxylation is 1. The Labute approximate surface area is 130 Å². The van der Waals surface area contributed by atoms with E-state index in [2.05, 4.69) is 10.6 Å². The van der Waals surface area contributed by atoms with Crippen LogP contribution in [0, 0.1) is 25.1 Å². The van der Waals surface area contributed by atoms with Crippen molar-refractivity contribution in [3.05, 3.63) is 65.5 Å². The molecule has 2 aromatic carbocycles. The van der Waals surface area contributed by atoms with Crippen LogP contribution in [-0.4, -0.2) is 8.42 Å². The molecule has 1 atom stereocenters. The predicted octanol–water partition coefficient (Wildman–Crippen LogP) is 3.18. The van der Waals surface area contributed by atoms with Gasteiger partial charge in [0.2, 0.25) is 10.0 Å². The molecule has 2 rings (SSSR count). The molecule has 0 spiro atoms. The zero-order chi connectivity index (χ0) is 16.2. The van der Waals surface area contributed by atoms with Gasteiger partial charge in [-0.15, -0.1) is 12.3 Å². The van der Waals surface area contributed by atoms with Crippen LogP contribution >= 0.6 is 0 Å². The van der Waals surface area contributed by atoms with Crippen LogP contribution in [0.15, 0.2) is 53.4 Å². The lowest BCUT2D eigenvalue weighted by Crippen LogP contribution is -2.28. The van der Waals surface area contributed by atoms with Crippen LogP contribution in [0.25, 0.3) is 0 Å². The van der Waals surface area contributed by atoms with E-state index in [1.807, 2.05) is 6.92 Å². The fourth-order valence-corrected chi connectivity index (χ4v) is 3.24. The Morgan fingerprint density at radius 2 is 1.73 bits per heavy atom. The summed E-state index contributed by atoms with van der Waals surface area (Å²) < 4.78 is 40.4. The van der Waals surface area contributed by atoms with E-state index in [0.717, 1.165) is 5.56 Å². The van der Waals surface area contributed by atoms with E-state index >= 15 is 0 Å². The van der Waals surface area contributed by atoms with Crippen molar-refractivity contribution in [3.8, 4) is 12.3 Å². The monoisotopic (exact) mass is 317 g/mol. The maximum atomic E-state index is 13.0. The Hall–Kier alpha value is -2.16. The molecule has 0 amide bonds. The Balaban J connectivity index is 2.29. The topological polar surface area (TPSA) is 46.2 Å². The molecule has 1 N–H and O–H groups in total. The van der Waals surface area contributed by atoms with Crippen molar-refractivity contribution in [3.63, 3.8) is 0 Å². The highest BCUT2D eigenvalue weighted by Crippen LogP contribution is 2.20. The number of sulfonamides is 1. The highest BCUT2D eigenvalue weighted by molar-refractivity contribution is 7.89. The second kappa shape index (κ2) is 6.73. The van der Waals surface area contributed by atoms with Crippen molar-refractivity contribution in [2.45, 2.75) is 24.3 Å². The first-order valence-corrected chi connectivity index (χ1v) is 8.18. The maximum absolute atomic E-state index is 13.0. The quantitative estimate of drug-likeness (QED) is 0.861. The van der Waals surface area contributed by atoms with Gasteiger partial charge in [0.15, 0.2) is 0 Å². The van der Waals surface area contributed by atoms with Crippen molar-refractivity contribution in [1.29, 1.82) is 0 Å². The molecule has 3 nitrogen and oxygen atoms in total. The lowest BCUT2D eigenvalue weighted by molar-refractivity contribution is 0.559. The minimum Gasteiger partial charge on any atom is -0.207 e. The Morgan fingerprint density at radius 1 is 1.14 bits per heavy atom. The number of hydrogen-bond acceptors (Lipinski definition) is 2. The number of nitrogens with one attached hydrogen (secondary N) is 1. The van der Waals surface area contributed by atoms with Gasteiger partial charge in [-0.2, -0.15) is 0 Å². The molecular weight excluding hydrogens is 301 g/mol. The molecule has 0 saturated heterocycles. The molecule has 0 fully saturated rings. The highest BCUT2D eigenvalue weighted by atomic mass is 32.2. The first kappa shape index (κ1) is 16.2. The Kier molecular flexibility index (Phi) is 4.96. The number of terminal acetylenes is 1. The Morgan fingerprint density at radius 3 is 2.27 bits per heavy atom. The standard InChI is InChI=1S/C17H16FNO2S/c1-3-4-17(14-7-9-15(18)10-8-14)19-22(20,21)16-11-5-13(2)6-12-16/h1,5-12,17,19H,4H2,2H3/t17-/m0/s1. The van der Waals surface area contributed by atoms with Gasteiger partial charge in [-0.25, -0.2) is 17.5 Å². The molecule has 0 radical (unpaired) electrons. The van der Waals surface area contributed by atoms with Crippen LogP contribution in [0.1, 0.15) is 23.6 Å². The summed E-state index contributed by atoms with van der Waals surface area (Å²) in [5.74, 6) is 2.06. The first-order valence-electron chi connectivity index (χ1n) is 6.70. The van der Waals surface area contributed by atoms with E-state index in [-0.39, 0.29) is 17.1 Å². The molecular formula is C17H16FNO2S. The molecule has 114 valence electrons. The van der Waals surface area contributed by atoms with Crippen molar-refractivity contribution in [2.24, 2.45) is 0 Å². The fraction of sp³-hybridized carbons (Fsp3) is 0.176. The fourth-order valence-electron chi connectivity index (χ4n) is 2.01. The van der Waals surface area contributed by atoms with Crippen LogP contribution in [0.2, 0.25) is 0 Å². The molecule has 0 aromatic heterocycles. The largest absolute Gasteiger partial charge is 0.241 e. The molecule has 5 heteroatoms. The van der Waals surface area contributed by atoms with E-state index in [1.165, 1.54) is 36.4 Å². The van der Waals surface area contributed by atoms with Gasteiger partial charge in [-0.3, -0.25) is 0 Å². The average molecular weight is 317 g/mol. The molecule has 0 aliphatic heterocycles. The van der Waals surface area contributed by atoms with Crippen LogP contribution in [0.3, 0.4) is 0 Å². The smallest absolute Gasteiger partial charge is 0.207 e. The predicted molar refractivity (Wildman–Crippen MR) is 84.1 cm³/mol. The van der Waals surface area contributed by atoms with Gasteiger partial charge in [0.1, 0.15) is 5.82 Å². The second-order valence-corrected chi connectivity index (χ2v) is 6.66. The minimum atomic E-state index is -3.70.